The Morgan fingerprint density at radius 3 is 2.26 bits per heavy atom. The summed E-state index contributed by atoms with van der Waals surface area (Å²) >= 11 is 0. The van der Waals surface area contributed by atoms with Crippen molar-refractivity contribution in [2.75, 3.05) is 7.11 Å². The zero-order chi connectivity index (χ0) is 14.4. The summed E-state index contributed by atoms with van der Waals surface area (Å²) in [6, 6.07) is 7.43. The Morgan fingerprint density at radius 1 is 1.21 bits per heavy atom. The van der Waals surface area contributed by atoms with E-state index in [2.05, 4.69) is 5.32 Å². The van der Waals surface area contributed by atoms with Gasteiger partial charge in [-0.25, -0.2) is 4.79 Å². The Labute approximate surface area is 113 Å². The van der Waals surface area contributed by atoms with Crippen LogP contribution in [0, 0.1) is 5.92 Å². The molecule has 5 nitrogen and oxygen atoms in total. The highest BCUT2D eigenvalue weighted by atomic mass is 16.5. The quantitative estimate of drug-likeness (QED) is 0.777. The van der Waals surface area contributed by atoms with Crippen molar-refractivity contribution in [3.8, 4) is 0 Å². The number of nitrogens with one attached hydrogen (secondary N) is 1. The van der Waals surface area contributed by atoms with Crippen molar-refractivity contribution in [2.45, 2.75) is 25.9 Å². The Morgan fingerprint density at radius 2 is 1.79 bits per heavy atom. The maximum atomic E-state index is 11.9. The summed E-state index contributed by atoms with van der Waals surface area (Å²) in [7, 11) is 1.28. The zero-order valence-electron chi connectivity index (χ0n) is 11.4. The second kappa shape index (κ2) is 6.89. The van der Waals surface area contributed by atoms with E-state index in [1.54, 1.807) is 24.3 Å². The molecule has 0 spiro atoms. The maximum absolute atomic E-state index is 11.9. The van der Waals surface area contributed by atoms with E-state index in [4.69, 9.17) is 10.5 Å². The van der Waals surface area contributed by atoms with Crippen molar-refractivity contribution in [3.63, 3.8) is 0 Å². The molecule has 0 bridgehead atoms. The number of esters is 1. The molecule has 1 amide bonds. The van der Waals surface area contributed by atoms with Gasteiger partial charge in [-0.3, -0.25) is 4.79 Å². The molecule has 0 fully saturated rings. The van der Waals surface area contributed by atoms with Gasteiger partial charge in [-0.05, 0) is 11.5 Å². The van der Waals surface area contributed by atoms with Crippen molar-refractivity contribution >= 4 is 11.9 Å². The fourth-order valence-corrected chi connectivity index (χ4v) is 1.58. The topological polar surface area (TPSA) is 81.4 Å². The summed E-state index contributed by atoms with van der Waals surface area (Å²) in [5, 5.41) is 2.63. The molecule has 3 N–H and O–H groups in total. The van der Waals surface area contributed by atoms with Crippen molar-refractivity contribution in [1.29, 1.82) is 0 Å². The van der Waals surface area contributed by atoms with Gasteiger partial charge in [0.05, 0.1) is 13.2 Å². The minimum absolute atomic E-state index is 0.00549. The highest BCUT2D eigenvalue weighted by Crippen LogP contribution is 2.14. The number of hydrogen-bond donors (Lipinski definition) is 2. The van der Waals surface area contributed by atoms with E-state index in [0.29, 0.717) is 5.56 Å². The summed E-state index contributed by atoms with van der Waals surface area (Å²) in [6.45, 7) is 3.69. The number of hydrogen-bond acceptors (Lipinski definition) is 4. The van der Waals surface area contributed by atoms with Crippen molar-refractivity contribution in [3.05, 3.63) is 35.9 Å². The van der Waals surface area contributed by atoms with Crippen LogP contribution < -0.4 is 11.1 Å². The van der Waals surface area contributed by atoms with Gasteiger partial charge in [-0.15, -0.1) is 0 Å². The smallest absolute Gasteiger partial charge is 0.333 e. The predicted octanol–water partition coefficient (Wildman–Crippen LogP) is 1.00. The highest BCUT2D eigenvalue weighted by molar-refractivity contribution is 5.88. The van der Waals surface area contributed by atoms with Gasteiger partial charge in [0.2, 0.25) is 5.91 Å². The van der Waals surface area contributed by atoms with Gasteiger partial charge in [0.15, 0.2) is 6.04 Å². The molecule has 0 aliphatic rings. The molecule has 0 heterocycles. The van der Waals surface area contributed by atoms with Crippen LogP contribution in [0.5, 0.6) is 0 Å². The number of benzene rings is 1. The molecule has 5 heteroatoms. The lowest BCUT2D eigenvalue weighted by Gasteiger charge is -2.21. The van der Waals surface area contributed by atoms with Gasteiger partial charge in [-0.2, -0.15) is 0 Å². The summed E-state index contributed by atoms with van der Waals surface area (Å²) < 4.78 is 4.71. The Kier molecular flexibility index (Phi) is 5.51. The van der Waals surface area contributed by atoms with Crippen LogP contribution in [-0.4, -0.2) is 25.0 Å². The average Bonchev–Trinajstić information content (AvgIpc) is 2.43. The minimum atomic E-state index is -0.830. The van der Waals surface area contributed by atoms with Gasteiger partial charge in [0.1, 0.15) is 0 Å². The standard InChI is InChI=1S/C14H20N2O3/c1-9(2)11(15)13(17)16-12(14(18)19-3)10-7-5-4-6-8-10/h4-9,11-12H,15H2,1-3H3,(H,16,17)/t11-,12?/m0/s1. The largest absolute Gasteiger partial charge is 0.467 e. The van der Waals surface area contributed by atoms with E-state index in [-0.39, 0.29) is 11.8 Å². The lowest BCUT2D eigenvalue weighted by atomic mass is 10.0. The van der Waals surface area contributed by atoms with Gasteiger partial charge in [-0.1, -0.05) is 44.2 Å². The van der Waals surface area contributed by atoms with Crippen LogP contribution in [0.3, 0.4) is 0 Å². The fraction of sp³-hybridized carbons (Fsp3) is 0.429. The van der Waals surface area contributed by atoms with E-state index in [0.717, 1.165) is 0 Å². The summed E-state index contributed by atoms with van der Waals surface area (Å²) in [6.07, 6.45) is 0. The first-order chi connectivity index (χ1) is 8.97. The van der Waals surface area contributed by atoms with E-state index in [9.17, 15) is 9.59 Å². The molecule has 19 heavy (non-hydrogen) atoms. The van der Waals surface area contributed by atoms with E-state index in [1.807, 2.05) is 19.9 Å². The molecule has 2 atom stereocenters. The van der Waals surface area contributed by atoms with Crippen LogP contribution in [0.1, 0.15) is 25.5 Å². The first-order valence-electron chi connectivity index (χ1n) is 6.16. The molecule has 0 aromatic heterocycles. The number of rotatable bonds is 5. The molecular formula is C14H20N2O3. The normalized spacial score (nSPS) is 13.7. The fourth-order valence-electron chi connectivity index (χ4n) is 1.58. The van der Waals surface area contributed by atoms with Crippen LogP contribution in [-0.2, 0) is 14.3 Å². The lowest BCUT2D eigenvalue weighted by Crippen LogP contribution is -2.47. The zero-order valence-corrected chi connectivity index (χ0v) is 11.4. The first kappa shape index (κ1) is 15.2. The number of methoxy groups -OCH3 is 1. The molecule has 1 aromatic carbocycles. The SMILES string of the molecule is COC(=O)C(NC(=O)[C@@H](N)C(C)C)c1ccccc1. The Hall–Kier alpha value is -1.88. The van der Waals surface area contributed by atoms with Crippen LogP contribution in [0.2, 0.25) is 0 Å². The molecule has 104 valence electrons. The van der Waals surface area contributed by atoms with E-state index in [1.165, 1.54) is 7.11 Å². The number of carbonyl (C=O) groups is 2. The van der Waals surface area contributed by atoms with Gasteiger partial charge in [0.25, 0.3) is 0 Å². The average molecular weight is 264 g/mol. The van der Waals surface area contributed by atoms with Crippen molar-refractivity contribution in [1.82, 2.24) is 5.32 Å². The Bertz CT molecular complexity index is 432. The second-order valence-corrected chi connectivity index (χ2v) is 4.65. The molecule has 1 unspecified atom stereocenters. The highest BCUT2D eigenvalue weighted by Gasteiger charge is 2.26. The molecule has 0 aliphatic heterocycles. The maximum Gasteiger partial charge on any atom is 0.333 e. The molecular weight excluding hydrogens is 244 g/mol. The summed E-state index contributed by atoms with van der Waals surface area (Å²) in [5.74, 6) is -0.890. The molecule has 1 aromatic rings. The van der Waals surface area contributed by atoms with Crippen molar-refractivity contribution < 1.29 is 14.3 Å². The molecule has 0 aliphatic carbocycles. The molecule has 0 radical (unpaired) electrons. The summed E-state index contributed by atoms with van der Waals surface area (Å²) in [4.78, 5) is 23.7. The minimum Gasteiger partial charge on any atom is -0.467 e. The third kappa shape index (κ3) is 4.06. The number of ether oxygens (including phenoxy) is 1. The molecule has 1 rings (SSSR count). The number of nitrogens with two attached hydrogens (primary N) is 1. The molecule has 0 saturated carbocycles. The van der Waals surface area contributed by atoms with Gasteiger partial charge < -0.3 is 15.8 Å². The third-order valence-electron chi connectivity index (χ3n) is 2.88. The predicted molar refractivity (Wildman–Crippen MR) is 72.2 cm³/mol. The lowest BCUT2D eigenvalue weighted by molar-refractivity contribution is -0.145. The van der Waals surface area contributed by atoms with Crippen LogP contribution in [0.15, 0.2) is 30.3 Å². The molecule has 0 saturated heterocycles. The third-order valence-corrected chi connectivity index (χ3v) is 2.88. The second-order valence-electron chi connectivity index (χ2n) is 4.65. The number of amides is 1. The first-order valence-corrected chi connectivity index (χ1v) is 6.16. The van der Waals surface area contributed by atoms with E-state index < -0.39 is 18.1 Å². The summed E-state index contributed by atoms with van der Waals surface area (Å²) in [5.41, 5.74) is 6.43. The van der Waals surface area contributed by atoms with Gasteiger partial charge >= 0.3 is 5.97 Å². The monoisotopic (exact) mass is 264 g/mol. The van der Waals surface area contributed by atoms with Crippen LogP contribution in [0.4, 0.5) is 0 Å². The van der Waals surface area contributed by atoms with Crippen LogP contribution in [0.25, 0.3) is 0 Å². The van der Waals surface area contributed by atoms with Crippen LogP contribution >= 0.6 is 0 Å². The van der Waals surface area contributed by atoms with E-state index >= 15 is 0 Å². The Balaban J connectivity index is 2.88. The van der Waals surface area contributed by atoms with Crippen molar-refractivity contribution in [2.24, 2.45) is 11.7 Å². The van der Waals surface area contributed by atoms with Gasteiger partial charge in [0, 0.05) is 0 Å². The number of carbonyl (C=O) groups excluding carboxylic acids is 2.